The standard InChI is InChI=1S/C16H12F3NO2/c17-11-7-12(18)15(13(19)8-11)16(21)20-5-1-3-10(9-20)14-4-2-6-22-14/h2-4,6-8H,1,5,9H2. The Morgan fingerprint density at radius 3 is 2.55 bits per heavy atom. The average Bonchev–Trinajstić information content (AvgIpc) is 3.00. The van der Waals surface area contributed by atoms with Gasteiger partial charge in [0.15, 0.2) is 0 Å². The number of nitrogens with zero attached hydrogens (tertiary/aromatic N) is 1. The van der Waals surface area contributed by atoms with Gasteiger partial charge in [-0.2, -0.15) is 0 Å². The van der Waals surface area contributed by atoms with Crippen LogP contribution >= 0.6 is 0 Å². The minimum Gasteiger partial charge on any atom is -0.465 e. The second kappa shape index (κ2) is 5.71. The Balaban J connectivity index is 1.86. The van der Waals surface area contributed by atoms with Crippen LogP contribution in [0.25, 0.3) is 5.57 Å². The molecule has 1 aromatic carbocycles. The maximum atomic E-state index is 13.7. The fourth-order valence-corrected chi connectivity index (χ4v) is 2.46. The van der Waals surface area contributed by atoms with Crippen LogP contribution in [0.15, 0.2) is 41.0 Å². The quantitative estimate of drug-likeness (QED) is 0.849. The highest BCUT2D eigenvalue weighted by atomic mass is 19.1. The highest BCUT2D eigenvalue weighted by Gasteiger charge is 2.26. The third-order valence-corrected chi connectivity index (χ3v) is 3.50. The predicted molar refractivity (Wildman–Crippen MR) is 73.5 cm³/mol. The van der Waals surface area contributed by atoms with E-state index in [4.69, 9.17) is 4.42 Å². The van der Waals surface area contributed by atoms with Gasteiger partial charge in [-0.15, -0.1) is 0 Å². The van der Waals surface area contributed by atoms with Crippen molar-refractivity contribution in [3.05, 3.63) is 65.4 Å². The molecule has 6 heteroatoms. The predicted octanol–water partition coefficient (Wildman–Crippen LogP) is 3.63. The number of furan rings is 1. The third kappa shape index (κ3) is 2.64. The van der Waals surface area contributed by atoms with Gasteiger partial charge in [0.25, 0.3) is 5.91 Å². The summed E-state index contributed by atoms with van der Waals surface area (Å²) in [6.45, 7) is 0.516. The first-order chi connectivity index (χ1) is 10.6. The van der Waals surface area contributed by atoms with Gasteiger partial charge in [0.1, 0.15) is 28.8 Å². The Bertz CT molecular complexity index is 715. The van der Waals surface area contributed by atoms with E-state index in [2.05, 4.69) is 0 Å². The van der Waals surface area contributed by atoms with Gasteiger partial charge >= 0.3 is 0 Å². The van der Waals surface area contributed by atoms with E-state index in [0.29, 0.717) is 30.9 Å². The topological polar surface area (TPSA) is 33.5 Å². The zero-order chi connectivity index (χ0) is 15.7. The van der Waals surface area contributed by atoms with Crippen LogP contribution < -0.4 is 0 Å². The van der Waals surface area contributed by atoms with Crippen LogP contribution in [0, 0.1) is 17.5 Å². The van der Waals surface area contributed by atoms with Crippen LogP contribution in [0.4, 0.5) is 13.2 Å². The van der Waals surface area contributed by atoms with E-state index in [0.717, 1.165) is 5.57 Å². The van der Waals surface area contributed by atoms with Crippen molar-refractivity contribution in [3.63, 3.8) is 0 Å². The van der Waals surface area contributed by atoms with Gasteiger partial charge in [0.05, 0.1) is 6.26 Å². The van der Waals surface area contributed by atoms with Crippen molar-refractivity contribution < 1.29 is 22.4 Å². The molecule has 0 aliphatic carbocycles. The summed E-state index contributed by atoms with van der Waals surface area (Å²) in [5, 5.41) is 0. The van der Waals surface area contributed by atoms with Crippen LogP contribution in [0.3, 0.4) is 0 Å². The molecule has 22 heavy (non-hydrogen) atoms. The second-order valence-electron chi connectivity index (χ2n) is 4.97. The fourth-order valence-electron chi connectivity index (χ4n) is 2.46. The van der Waals surface area contributed by atoms with Gasteiger partial charge in [-0.25, -0.2) is 13.2 Å². The molecule has 0 unspecified atom stereocenters. The lowest BCUT2D eigenvalue weighted by Gasteiger charge is -2.27. The van der Waals surface area contributed by atoms with Crippen molar-refractivity contribution in [1.82, 2.24) is 4.90 Å². The van der Waals surface area contributed by atoms with Gasteiger partial charge in [0, 0.05) is 30.8 Å². The molecule has 0 bridgehead atoms. The zero-order valence-corrected chi connectivity index (χ0v) is 11.5. The summed E-state index contributed by atoms with van der Waals surface area (Å²) in [6, 6.07) is 4.47. The Morgan fingerprint density at radius 1 is 1.18 bits per heavy atom. The maximum absolute atomic E-state index is 13.7. The lowest BCUT2D eigenvalue weighted by atomic mass is 10.1. The molecule has 0 atom stereocenters. The summed E-state index contributed by atoms with van der Waals surface area (Å²) in [5.41, 5.74) is 0.0367. The van der Waals surface area contributed by atoms with Crippen molar-refractivity contribution in [1.29, 1.82) is 0 Å². The lowest BCUT2D eigenvalue weighted by Crippen LogP contribution is -2.36. The maximum Gasteiger partial charge on any atom is 0.260 e. The molecular weight excluding hydrogens is 295 g/mol. The molecular formula is C16H12F3NO2. The van der Waals surface area contributed by atoms with Crippen LogP contribution in [0.1, 0.15) is 22.5 Å². The summed E-state index contributed by atoms with van der Waals surface area (Å²) in [4.78, 5) is 13.7. The van der Waals surface area contributed by atoms with Gasteiger partial charge in [0.2, 0.25) is 0 Å². The zero-order valence-electron chi connectivity index (χ0n) is 11.5. The molecule has 1 aliphatic heterocycles. The largest absolute Gasteiger partial charge is 0.465 e. The van der Waals surface area contributed by atoms with Crippen molar-refractivity contribution in [2.24, 2.45) is 0 Å². The molecule has 3 nitrogen and oxygen atoms in total. The molecule has 0 saturated heterocycles. The van der Waals surface area contributed by atoms with Crippen molar-refractivity contribution in [2.45, 2.75) is 6.42 Å². The van der Waals surface area contributed by atoms with Crippen LogP contribution in [-0.2, 0) is 0 Å². The SMILES string of the molecule is O=C(c1c(F)cc(F)cc1F)N1CCC=C(c2ccco2)C1. The summed E-state index contributed by atoms with van der Waals surface area (Å²) >= 11 is 0. The highest BCUT2D eigenvalue weighted by molar-refractivity contribution is 5.95. The van der Waals surface area contributed by atoms with Crippen molar-refractivity contribution in [3.8, 4) is 0 Å². The molecule has 0 saturated carbocycles. The number of benzene rings is 1. The molecule has 3 rings (SSSR count). The molecule has 2 heterocycles. The summed E-state index contributed by atoms with van der Waals surface area (Å²) in [6.07, 6.45) is 3.97. The first-order valence-corrected chi connectivity index (χ1v) is 6.73. The van der Waals surface area contributed by atoms with Crippen LogP contribution in [-0.4, -0.2) is 23.9 Å². The Hall–Kier alpha value is -2.50. The molecule has 0 N–H and O–H groups in total. The average molecular weight is 307 g/mol. The van der Waals surface area contributed by atoms with E-state index in [1.807, 2.05) is 6.08 Å². The molecule has 2 aromatic rings. The Kier molecular flexibility index (Phi) is 3.75. The Labute approximate surface area is 124 Å². The van der Waals surface area contributed by atoms with E-state index in [9.17, 15) is 18.0 Å². The second-order valence-corrected chi connectivity index (χ2v) is 4.97. The van der Waals surface area contributed by atoms with E-state index >= 15 is 0 Å². The molecule has 114 valence electrons. The normalized spacial score (nSPS) is 14.9. The van der Waals surface area contributed by atoms with Crippen molar-refractivity contribution >= 4 is 11.5 Å². The molecule has 0 spiro atoms. The van der Waals surface area contributed by atoms with Gasteiger partial charge in [-0.05, 0) is 18.6 Å². The van der Waals surface area contributed by atoms with Crippen LogP contribution in [0.5, 0.6) is 0 Å². The first kappa shape index (κ1) is 14.4. The van der Waals surface area contributed by atoms with Gasteiger partial charge in [-0.1, -0.05) is 6.08 Å². The molecule has 0 fully saturated rings. The van der Waals surface area contributed by atoms with E-state index in [-0.39, 0.29) is 6.54 Å². The summed E-state index contributed by atoms with van der Waals surface area (Å²) in [5.74, 6) is -3.64. The number of rotatable bonds is 2. The van der Waals surface area contributed by atoms with Crippen LogP contribution in [0.2, 0.25) is 0 Å². The minimum atomic E-state index is -1.20. The number of hydrogen-bond donors (Lipinski definition) is 0. The number of hydrogen-bond acceptors (Lipinski definition) is 2. The first-order valence-electron chi connectivity index (χ1n) is 6.73. The van der Waals surface area contributed by atoms with Crippen molar-refractivity contribution in [2.75, 3.05) is 13.1 Å². The fraction of sp³-hybridized carbons (Fsp3) is 0.188. The molecule has 1 amide bonds. The smallest absolute Gasteiger partial charge is 0.260 e. The van der Waals surface area contributed by atoms with E-state index < -0.39 is 28.9 Å². The number of amides is 1. The lowest BCUT2D eigenvalue weighted by molar-refractivity contribution is 0.0764. The van der Waals surface area contributed by atoms with Gasteiger partial charge in [-0.3, -0.25) is 4.79 Å². The number of carbonyl (C=O) groups excluding carboxylic acids is 1. The Morgan fingerprint density at radius 2 is 1.91 bits per heavy atom. The number of halogens is 3. The van der Waals surface area contributed by atoms with E-state index in [1.54, 1.807) is 12.1 Å². The molecule has 1 aromatic heterocycles. The molecule has 0 radical (unpaired) electrons. The van der Waals surface area contributed by atoms with Gasteiger partial charge < -0.3 is 9.32 Å². The molecule has 1 aliphatic rings. The number of carbonyl (C=O) groups is 1. The minimum absolute atomic E-state index is 0.183. The van der Waals surface area contributed by atoms with E-state index in [1.165, 1.54) is 11.2 Å². The highest BCUT2D eigenvalue weighted by Crippen LogP contribution is 2.24. The third-order valence-electron chi connectivity index (χ3n) is 3.50. The summed E-state index contributed by atoms with van der Waals surface area (Å²) < 4.78 is 45.7. The monoisotopic (exact) mass is 307 g/mol. The summed E-state index contributed by atoms with van der Waals surface area (Å²) in [7, 11) is 0.